The number of anilines is 2. The number of sulfonamides is 1. The van der Waals surface area contributed by atoms with Crippen molar-refractivity contribution in [1.29, 1.82) is 0 Å². The predicted octanol–water partition coefficient (Wildman–Crippen LogP) is 1.87. The summed E-state index contributed by atoms with van der Waals surface area (Å²) >= 11 is 0. The monoisotopic (exact) mass is 507 g/mol. The van der Waals surface area contributed by atoms with Gasteiger partial charge in [0.05, 0.1) is 28.7 Å². The molecule has 180 valence electrons. The summed E-state index contributed by atoms with van der Waals surface area (Å²) in [5.74, 6) is -1.57. The summed E-state index contributed by atoms with van der Waals surface area (Å²) in [7, 11) is -1.92. The second-order valence-electron chi connectivity index (χ2n) is 7.53. The molecule has 1 aliphatic heterocycles. The number of nitrogen functional groups attached to an aromatic ring is 1. The first kappa shape index (κ1) is 25.4. The van der Waals surface area contributed by atoms with E-state index in [1.807, 2.05) is 11.9 Å². The van der Waals surface area contributed by atoms with E-state index in [1.165, 1.54) is 28.8 Å². The van der Waals surface area contributed by atoms with Crippen molar-refractivity contribution >= 4 is 39.8 Å². The Kier molecular flexibility index (Phi) is 7.77. The quantitative estimate of drug-likeness (QED) is 0.534. The number of benzene rings is 1. The standard InChI is InChI=1S/C21H22FN7O3S.ClH/c1-28-7-9-29(10-8-28)33(31,32)15-4-5-16(17(22)11-15)18-13-25-20(23)19(27-18)21(30)26-14-3-2-6-24-12-14;/h2-6,11-13H,7-10H2,1H3,(H2,23,25)(H,26,30);1H. The van der Waals surface area contributed by atoms with Crippen LogP contribution in [0.2, 0.25) is 0 Å². The smallest absolute Gasteiger partial charge is 0.278 e. The van der Waals surface area contributed by atoms with Crippen LogP contribution in [-0.4, -0.2) is 71.7 Å². The molecule has 10 nitrogen and oxygen atoms in total. The van der Waals surface area contributed by atoms with E-state index in [0.29, 0.717) is 31.9 Å². The van der Waals surface area contributed by atoms with Gasteiger partial charge in [-0.3, -0.25) is 9.78 Å². The summed E-state index contributed by atoms with van der Waals surface area (Å²) in [5, 5.41) is 2.59. The van der Waals surface area contributed by atoms with Gasteiger partial charge in [-0.05, 0) is 37.4 Å². The first-order valence-corrected chi connectivity index (χ1v) is 11.5. The van der Waals surface area contributed by atoms with Gasteiger partial charge in [-0.1, -0.05) is 0 Å². The topological polar surface area (TPSA) is 134 Å². The van der Waals surface area contributed by atoms with Crippen molar-refractivity contribution in [2.24, 2.45) is 0 Å². The van der Waals surface area contributed by atoms with Crippen LogP contribution in [0.4, 0.5) is 15.9 Å². The van der Waals surface area contributed by atoms with Gasteiger partial charge in [0.25, 0.3) is 5.91 Å². The molecule has 1 saturated heterocycles. The van der Waals surface area contributed by atoms with Crippen LogP contribution in [0.1, 0.15) is 10.5 Å². The number of hydrogen-bond acceptors (Lipinski definition) is 8. The van der Waals surface area contributed by atoms with Crippen LogP contribution >= 0.6 is 12.4 Å². The van der Waals surface area contributed by atoms with E-state index in [1.54, 1.807) is 18.3 Å². The molecule has 0 unspecified atom stereocenters. The minimum atomic E-state index is -3.83. The Morgan fingerprint density at radius 1 is 1.15 bits per heavy atom. The number of rotatable bonds is 5. The molecule has 34 heavy (non-hydrogen) atoms. The second kappa shape index (κ2) is 10.4. The number of pyridine rings is 1. The molecule has 0 aliphatic carbocycles. The third kappa shape index (κ3) is 5.30. The highest BCUT2D eigenvalue weighted by atomic mass is 35.5. The third-order valence-corrected chi connectivity index (χ3v) is 7.15. The van der Waals surface area contributed by atoms with Crippen molar-refractivity contribution in [2.75, 3.05) is 44.3 Å². The Morgan fingerprint density at radius 3 is 2.53 bits per heavy atom. The van der Waals surface area contributed by atoms with E-state index >= 15 is 0 Å². The summed E-state index contributed by atoms with van der Waals surface area (Å²) < 4.78 is 42.1. The zero-order valence-corrected chi connectivity index (χ0v) is 19.8. The largest absolute Gasteiger partial charge is 0.382 e. The van der Waals surface area contributed by atoms with Gasteiger partial charge in [0.2, 0.25) is 10.0 Å². The van der Waals surface area contributed by atoms with Gasteiger partial charge in [0, 0.05) is 37.9 Å². The van der Waals surface area contributed by atoms with E-state index in [9.17, 15) is 17.6 Å². The number of amides is 1. The molecule has 1 aromatic carbocycles. The van der Waals surface area contributed by atoms with Crippen molar-refractivity contribution in [3.05, 3.63) is 60.4 Å². The molecule has 0 radical (unpaired) electrons. The second-order valence-corrected chi connectivity index (χ2v) is 9.47. The van der Waals surface area contributed by atoms with E-state index in [2.05, 4.69) is 20.3 Å². The van der Waals surface area contributed by atoms with Gasteiger partial charge >= 0.3 is 0 Å². The summed E-state index contributed by atoms with van der Waals surface area (Å²) in [4.78, 5) is 26.5. The molecule has 0 bridgehead atoms. The van der Waals surface area contributed by atoms with Crippen molar-refractivity contribution in [3.63, 3.8) is 0 Å². The lowest BCUT2D eigenvalue weighted by Gasteiger charge is -2.31. The molecule has 2 aromatic heterocycles. The van der Waals surface area contributed by atoms with Crippen LogP contribution in [0, 0.1) is 5.82 Å². The van der Waals surface area contributed by atoms with Crippen LogP contribution < -0.4 is 11.1 Å². The fourth-order valence-corrected chi connectivity index (χ4v) is 4.80. The minimum Gasteiger partial charge on any atom is -0.382 e. The highest BCUT2D eigenvalue weighted by molar-refractivity contribution is 7.89. The maximum atomic E-state index is 15.0. The highest BCUT2D eigenvalue weighted by Gasteiger charge is 2.28. The fraction of sp³-hybridized carbons (Fsp3) is 0.238. The SMILES string of the molecule is CN1CCN(S(=O)(=O)c2ccc(-c3cnc(N)c(C(=O)Nc4cccnc4)n3)c(F)c2)CC1.Cl. The van der Waals surface area contributed by atoms with Gasteiger partial charge in [-0.2, -0.15) is 4.31 Å². The first-order chi connectivity index (χ1) is 15.8. The number of piperazine rings is 1. The molecule has 1 fully saturated rings. The summed E-state index contributed by atoms with van der Waals surface area (Å²) in [5.41, 5.74) is 6.08. The summed E-state index contributed by atoms with van der Waals surface area (Å²) in [6, 6.07) is 6.86. The average Bonchev–Trinajstić information content (AvgIpc) is 2.80. The van der Waals surface area contributed by atoms with Crippen molar-refractivity contribution in [2.45, 2.75) is 4.90 Å². The molecule has 0 saturated carbocycles. The first-order valence-electron chi connectivity index (χ1n) is 10.1. The highest BCUT2D eigenvalue weighted by Crippen LogP contribution is 2.26. The van der Waals surface area contributed by atoms with Gasteiger partial charge < -0.3 is 16.0 Å². The lowest BCUT2D eigenvalue weighted by Crippen LogP contribution is -2.47. The summed E-state index contributed by atoms with van der Waals surface area (Å²) in [6.07, 6.45) is 4.23. The van der Waals surface area contributed by atoms with Crippen LogP contribution in [0.25, 0.3) is 11.3 Å². The van der Waals surface area contributed by atoms with Crippen molar-refractivity contribution < 1.29 is 17.6 Å². The molecule has 4 rings (SSSR count). The lowest BCUT2D eigenvalue weighted by atomic mass is 10.1. The van der Waals surface area contributed by atoms with E-state index in [-0.39, 0.29) is 40.1 Å². The van der Waals surface area contributed by atoms with Gasteiger partial charge in [-0.25, -0.2) is 22.8 Å². The molecule has 1 aliphatic rings. The molecule has 0 atom stereocenters. The molecule has 3 heterocycles. The van der Waals surface area contributed by atoms with Crippen LogP contribution in [0.3, 0.4) is 0 Å². The molecule has 0 spiro atoms. The van der Waals surface area contributed by atoms with Crippen LogP contribution in [0.15, 0.2) is 53.8 Å². The van der Waals surface area contributed by atoms with E-state index in [0.717, 1.165) is 6.07 Å². The number of hydrogen-bond donors (Lipinski definition) is 2. The number of nitrogens with zero attached hydrogens (tertiary/aromatic N) is 5. The summed E-state index contributed by atoms with van der Waals surface area (Å²) in [6.45, 7) is 1.87. The number of carbonyl (C=O) groups excluding carboxylic acids is 1. The maximum absolute atomic E-state index is 15.0. The zero-order valence-electron chi connectivity index (χ0n) is 18.2. The Bertz CT molecular complexity index is 1290. The number of carbonyl (C=O) groups is 1. The Hall–Kier alpha value is -3.19. The molecule has 1 amide bonds. The fourth-order valence-electron chi connectivity index (χ4n) is 3.36. The Balaban J connectivity index is 0.00000324. The molecular weight excluding hydrogens is 485 g/mol. The molecule has 13 heteroatoms. The van der Waals surface area contributed by atoms with Gasteiger partial charge in [0.15, 0.2) is 11.5 Å². The van der Waals surface area contributed by atoms with Crippen LogP contribution in [0.5, 0.6) is 0 Å². The van der Waals surface area contributed by atoms with Gasteiger partial charge in [0.1, 0.15) is 5.82 Å². The van der Waals surface area contributed by atoms with Crippen LogP contribution in [-0.2, 0) is 10.0 Å². The maximum Gasteiger partial charge on any atom is 0.278 e. The van der Waals surface area contributed by atoms with Gasteiger partial charge in [-0.15, -0.1) is 12.4 Å². The minimum absolute atomic E-state index is 0. The molecular formula is C21H23ClFN7O3S. The van der Waals surface area contributed by atoms with E-state index < -0.39 is 21.7 Å². The number of aromatic nitrogens is 3. The number of nitrogens with one attached hydrogen (secondary N) is 1. The zero-order chi connectivity index (χ0) is 23.6. The molecule has 3 N–H and O–H groups in total. The van der Waals surface area contributed by atoms with E-state index in [4.69, 9.17) is 5.73 Å². The number of likely N-dealkylation sites (N-methyl/N-ethyl adjacent to an activating group) is 1. The lowest BCUT2D eigenvalue weighted by molar-refractivity contribution is 0.102. The number of halogens is 2. The third-order valence-electron chi connectivity index (χ3n) is 5.25. The normalized spacial score (nSPS) is 14.9. The Labute approximate surface area is 202 Å². The van der Waals surface area contributed by atoms with Crippen molar-refractivity contribution in [3.8, 4) is 11.3 Å². The Morgan fingerprint density at radius 2 is 1.88 bits per heavy atom. The van der Waals surface area contributed by atoms with Crippen molar-refractivity contribution in [1.82, 2.24) is 24.2 Å². The average molecular weight is 508 g/mol. The molecule has 3 aromatic rings. The number of nitrogens with two attached hydrogens (primary N) is 1. The predicted molar refractivity (Wildman–Crippen MR) is 128 cm³/mol.